The normalized spacial score (nSPS) is 12.8. The zero-order chi connectivity index (χ0) is 22.8. The Morgan fingerprint density at radius 1 is 1.06 bits per heavy atom. The first-order valence-electron chi connectivity index (χ1n) is 10.9. The molecule has 0 fully saturated rings. The molecule has 0 unspecified atom stereocenters. The molecular weight excluding hydrogens is 418 g/mol. The van der Waals surface area contributed by atoms with Gasteiger partial charge in [0.2, 0.25) is 0 Å². The number of fused-ring (bicyclic) bond motifs is 2. The van der Waals surface area contributed by atoms with Gasteiger partial charge < -0.3 is 19.5 Å². The third-order valence-corrected chi connectivity index (χ3v) is 5.95. The van der Waals surface area contributed by atoms with Crippen LogP contribution in [0.3, 0.4) is 0 Å². The van der Waals surface area contributed by atoms with Crippen molar-refractivity contribution < 1.29 is 19.4 Å². The van der Waals surface area contributed by atoms with Crippen LogP contribution in [0.4, 0.5) is 0 Å². The van der Waals surface area contributed by atoms with Crippen molar-refractivity contribution in [3.63, 3.8) is 0 Å². The molecule has 2 N–H and O–H groups in total. The van der Waals surface area contributed by atoms with Crippen LogP contribution in [0.15, 0.2) is 60.7 Å². The van der Waals surface area contributed by atoms with E-state index in [0.717, 1.165) is 33.5 Å². The number of nitrogens with zero attached hydrogens (tertiary/aromatic N) is 2. The third-order valence-electron chi connectivity index (χ3n) is 5.95. The predicted molar refractivity (Wildman–Crippen MR) is 124 cm³/mol. The molecule has 4 aromatic rings. The molecule has 0 atom stereocenters. The fraction of sp³-hybridized carbons (Fsp3) is 0.231. The van der Waals surface area contributed by atoms with Gasteiger partial charge >= 0.3 is 0 Å². The molecule has 0 saturated carbocycles. The van der Waals surface area contributed by atoms with Gasteiger partial charge in [0.1, 0.15) is 18.1 Å². The highest BCUT2D eigenvalue weighted by atomic mass is 16.5. The molecule has 0 aliphatic carbocycles. The summed E-state index contributed by atoms with van der Waals surface area (Å²) in [4.78, 5) is 15.1. The van der Waals surface area contributed by atoms with Gasteiger partial charge in [-0.05, 0) is 34.9 Å². The topological polar surface area (TPSA) is 87.7 Å². The van der Waals surface area contributed by atoms with Crippen molar-refractivity contribution in [3.8, 4) is 11.5 Å². The van der Waals surface area contributed by atoms with Gasteiger partial charge in [0, 0.05) is 43.8 Å². The molecule has 0 bridgehead atoms. The van der Waals surface area contributed by atoms with Gasteiger partial charge in [-0.1, -0.05) is 36.4 Å². The van der Waals surface area contributed by atoms with Crippen molar-refractivity contribution in [2.24, 2.45) is 0 Å². The maximum absolute atomic E-state index is 13.4. The summed E-state index contributed by atoms with van der Waals surface area (Å²) in [6, 6.07) is 19.2. The number of aromatic amines is 1. The number of carbonyl (C=O) groups is 1. The molecule has 2 heterocycles. The second-order valence-electron chi connectivity index (χ2n) is 8.18. The maximum atomic E-state index is 13.4. The standard InChI is InChI=1S/C26H25N3O4/c1-32-9-10-33-20-8-7-18-15-29(16-19(18)12-20)26(31)22-13-21-23(11-17-5-3-2-4-6-17)27-28-24(21)14-25(22)30/h2-8,12-14,30H,9-11,15-16H2,1H3,(H,27,28). The van der Waals surface area contributed by atoms with E-state index in [1.807, 2.05) is 48.5 Å². The molecule has 0 radical (unpaired) electrons. The van der Waals surface area contributed by atoms with Gasteiger partial charge in [-0.3, -0.25) is 9.89 Å². The lowest BCUT2D eigenvalue weighted by Gasteiger charge is -2.16. The van der Waals surface area contributed by atoms with Gasteiger partial charge in [0.25, 0.3) is 5.91 Å². The highest BCUT2D eigenvalue weighted by Crippen LogP contribution is 2.32. The van der Waals surface area contributed by atoms with Gasteiger partial charge in [0.05, 0.1) is 17.7 Å². The van der Waals surface area contributed by atoms with Crippen LogP contribution in [0.2, 0.25) is 0 Å². The molecule has 0 spiro atoms. The molecule has 5 rings (SSSR count). The summed E-state index contributed by atoms with van der Waals surface area (Å²) in [7, 11) is 1.64. The number of hydrogen-bond donors (Lipinski definition) is 2. The number of methoxy groups -OCH3 is 1. The summed E-state index contributed by atoms with van der Waals surface area (Å²) in [6.45, 7) is 1.95. The minimum Gasteiger partial charge on any atom is -0.507 e. The first-order chi connectivity index (χ1) is 16.1. The molecule has 168 valence electrons. The van der Waals surface area contributed by atoms with Crippen LogP contribution in [-0.4, -0.2) is 46.4 Å². The molecule has 0 saturated heterocycles. The van der Waals surface area contributed by atoms with E-state index in [1.165, 1.54) is 0 Å². The lowest BCUT2D eigenvalue weighted by molar-refractivity contribution is 0.0748. The number of phenols is 1. The number of ether oxygens (including phenoxy) is 2. The molecule has 7 heteroatoms. The van der Waals surface area contributed by atoms with Gasteiger partial charge in [-0.15, -0.1) is 0 Å². The molecule has 1 aliphatic rings. The van der Waals surface area contributed by atoms with Crippen LogP contribution < -0.4 is 4.74 Å². The van der Waals surface area contributed by atoms with E-state index in [1.54, 1.807) is 24.1 Å². The Morgan fingerprint density at radius 2 is 1.88 bits per heavy atom. The number of phenolic OH excluding ortho intramolecular Hbond substituents is 1. The van der Waals surface area contributed by atoms with E-state index >= 15 is 0 Å². The number of aromatic nitrogens is 2. The van der Waals surface area contributed by atoms with E-state index in [2.05, 4.69) is 10.2 Å². The van der Waals surface area contributed by atoms with E-state index in [9.17, 15) is 9.90 Å². The molecule has 1 aromatic heterocycles. The summed E-state index contributed by atoms with van der Waals surface area (Å²) >= 11 is 0. The number of carbonyl (C=O) groups excluding carboxylic acids is 1. The zero-order valence-corrected chi connectivity index (χ0v) is 18.4. The van der Waals surface area contributed by atoms with E-state index < -0.39 is 0 Å². The number of amides is 1. The summed E-state index contributed by atoms with van der Waals surface area (Å²) in [5.41, 5.74) is 5.10. The Hall–Kier alpha value is -3.84. The number of nitrogens with one attached hydrogen (secondary N) is 1. The Balaban J connectivity index is 1.37. The Labute approximate surface area is 191 Å². The highest BCUT2D eigenvalue weighted by molar-refractivity contribution is 6.01. The fourth-order valence-corrected chi connectivity index (χ4v) is 4.22. The summed E-state index contributed by atoms with van der Waals surface area (Å²) in [5, 5.41) is 18.8. The first kappa shape index (κ1) is 21.0. The van der Waals surface area contributed by atoms with E-state index in [0.29, 0.717) is 38.2 Å². The van der Waals surface area contributed by atoms with Crippen molar-refractivity contribution >= 4 is 16.8 Å². The van der Waals surface area contributed by atoms with Crippen molar-refractivity contribution in [1.82, 2.24) is 15.1 Å². The average Bonchev–Trinajstić information content (AvgIpc) is 3.42. The van der Waals surface area contributed by atoms with Crippen molar-refractivity contribution in [2.45, 2.75) is 19.5 Å². The van der Waals surface area contributed by atoms with Gasteiger partial charge in [0.15, 0.2) is 0 Å². The number of rotatable bonds is 7. The van der Waals surface area contributed by atoms with Crippen molar-refractivity contribution in [1.29, 1.82) is 0 Å². The smallest absolute Gasteiger partial charge is 0.258 e. The number of hydrogen-bond acceptors (Lipinski definition) is 5. The third kappa shape index (κ3) is 4.27. The maximum Gasteiger partial charge on any atom is 0.258 e. The molecule has 7 nitrogen and oxygen atoms in total. The summed E-state index contributed by atoms with van der Waals surface area (Å²) < 4.78 is 10.7. The van der Waals surface area contributed by atoms with Crippen LogP contribution in [0, 0.1) is 0 Å². The fourth-order valence-electron chi connectivity index (χ4n) is 4.22. The molecule has 3 aromatic carbocycles. The Bertz CT molecular complexity index is 1300. The van der Waals surface area contributed by atoms with Gasteiger partial charge in [-0.25, -0.2) is 0 Å². The second kappa shape index (κ2) is 8.96. The predicted octanol–water partition coefficient (Wildman–Crippen LogP) is 4.04. The molecule has 1 amide bonds. The van der Waals surface area contributed by atoms with E-state index in [4.69, 9.17) is 9.47 Å². The van der Waals surface area contributed by atoms with Crippen LogP contribution in [0.5, 0.6) is 11.5 Å². The summed E-state index contributed by atoms with van der Waals surface area (Å²) in [6.07, 6.45) is 0.663. The molecular formula is C26H25N3O4. The first-order valence-corrected chi connectivity index (χ1v) is 10.9. The zero-order valence-electron chi connectivity index (χ0n) is 18.4. The molecule has 33 heavy (non-hydrogen) atoms. The lowest BCUT2D eigenvalue weighted by atomic mass is 10.0. The van der Waals surface area contributed by atoms with Crippen LogP contribution in [-0.2, 0) is 24.2 Å². The number of H-pyrrole nitrogens is 1. The SMILES string of the molecule is COCCOc1ccc2c(c1)CN(C(=O)c1cc3c(Cc4ccccc4)[nH]nc3cc1O)C2. The van der Waals surface area contributed by atoms with Crippen LogP contribution >= 0.6 is 0 Å². The number of aromatic hydroxyl groups is 1. The highest BCUT2D eigenvalue weighted by Gasteiger charge is 2.27. The van der Waals surface area contributed by atoms with Crippen molar-refractivity contribution in [3.05, 3.63) is 88.6 Å². The minimum atomic E-state index is -0.209. The number of benzene rings is 3. The largest absolute Gasteiger partial charge is 0.507 e. The van der Waals surface area contributed by atoms with Crippen LogP contribution in [0.1, 0.15) is 32.7 Å². The average molecular weight is 444 g/mol. The minimum absolute atomic E-state index is 0.0650. The summed E-state index contributed by atoms with van der Waals surface area (Å²) in [5.74, 6) is 0.484. The van der Waals surface area contributed by atoms with Gasteiger partial charge in [-0.2, -0.15) is 5.10 Å². The Kier molecular flexibility index (Phi) is 5.71. The van der Waals surface area contributed by atoms with Crippen LogP contribution in [0.25, 0.3) is 10.9 Å². The Morgan fingerprint density at radius 3 is 2.70 bits per heavy atom. The second-order valence-corrected chi connectivity index (χ2v) is 8.18. The lowest BCUT2D eigenvalue weighted by Crippen LogP contribution is -2.25. The molecule has 1 aliphatic heterocycles. The quantitative estimate of drug-likeness (QED) is 0.421. The van der Waals surface area contributed by atoms with Crippen molar-refractivity contribution in [2.75, 3.05) is 20.3 Å². The monoisotopic (exact) mass is 443 g/mol. The van der Waals surface area contributed by atoms with E-state index in [-0.39, 0.29) is 17.2 Å².